The molecule has 0 aliphatic heterocycles. The predicted molar refractivity (Wildman–Crippen MR) is 55.9 cm³/mol. The third-order valence-electron chi connectivity index (χ3n) is 1.66. The molecule has 0 N–H and O–H groups in total. The lowest BCUT2D eigenvalue weighted by atomic mass is 10.1. The minimum atomic E-state index is 0.371. The molecule has 0 atom stereocenters. The third kappa shape index (κ3) is 2.72. The molecule has 0 aliphatic carbocycles. The lowest BCUT2D eigenvalue weighted by Crippen LogP contribution is -1.78. The van der Waals surface area contributed by atoms with Crippen molar-refractivity contribution in [2.45, 2.75) is 6.42 Å². The summed E-state index contributed by atoms with van der Waals surface area (Å²) in [6, 6.07) is 7.04. The molecule has 0 aliphatic rings. The van der Waals surface area contributed by atoms with Crippen LogP contribution in [-0.2, 0) is 4.79 Å². The van der Waals surface area contributed by atoms with Crippen LogP contribution in [0.5, 0.6) is 0 Å². The Morgan fingerprint density at radius 2 is 2.29 bits per heavy atom. The minimum absolute atomic E-state index is 0.371. The van der Waals surface area contributed by atoms with Crippen LogP contribution in [0.2, 0.25) is 5.02 Å². The van der Waals surface area contributed by atoms with Gasteiger partial charge in [0.05, 0.1) is 11.6 Å². The summed E-state index contributed by atoms with van der Waals surface area (Å²) in [6.07, 6.45) is 4.67. The van der Waals surface area contributed by atoms with Gasteiger partial charge in [-0.25, -0.2) is 0 Å². The molecule has 1 rings (SSSR count). The smallest absolute Gasteiger partial charge is 0.123 e. The van der Waals surface area contributed by atoms with E-state index in [1.54, 1.807) is 30.4 Å². The van der Waals surface area contributed by atoms with Gasteiger partial charge >= 0.3 is 0 Å². The van der Waals surface area contributed by atoms with Crippen LogP contribution in [0.25, 0.3) is 6.08 Å². The lowest BCUT2D eigenvalue weighted by molar-refractivity contribution is -0.107. The Kier molecular flexibility index (Phi) is 3.90. The molecule has 0 unspecified atom stereocenters. The number of benzene rings is 1. The predicted octanol–water partition coefficient (Wildman–Crippen LogP) is 2.81. The molecule has 0 saturated carbocycles. The van der Waals surface area contributed by atoms with Gasteiger partial charge in [-0.05, 0) is 17.7 Å². The fraction of sp³-hybridized carbons (Fsp3) is 0.0909. The second-order valence-corrected chi connectivity index (χ2v) is 3.06. The molecule has 0 fully saturated rings. The monoisotopic (exact) mass is 205 g/mol. The lowest BCUT2D eigenvalue weighted by Gasteiger charge is -1.97. The molecule has 0 saturated heterocycles. The SMILES string of the molecule is N#Cc1ccc(C=CCC=O)c(Cl)c1. The van der Waals surface area contributed by atoms with E-state index >= 15 is 0 Å². The van der Waals surface area contributed by atoms with E-state index in [-0.39, 0.29) is 0 Å². The molecule has 0 bridgehead atoms. The maximum atomic E-state index is 10.1. The number of hydrogen-bond donors (Lipinski definition) is 0. The zero-order valence-electron chi connectivity index (χ0n) is 7.40. The van der Waals surface area contributed by atoms with E-state index in [1.165, 1.54) is 0 Å². The van der Waals surface area contributed by atoms with Crippen LogP contribution in [0.1, 0.15) is 17.5 Å². The van der Waals surface area contributed by atoms with E-state index in [0.717, 1.165) is 11.8 Å². The number of allylic oxidation sites excluding steroid dienone is 1. The second kappa shape index (κ2) is 5.21. The highest BCUT2D eigenvalue weighted by Crippen LogP contribution is 2.18. The Morgan fingerprint density at radius 3 is 2.86 bits per heavy atom. The highest BCUT2D eigenvalue weighted by molar-refractivity contribution is 6.32. The summed E-state index contributed by atoms with van der Waals surface area (Å²) >= 11 is 5.90. The van der Waals surface area contributed by atoms with Gasteiger partial charge in [-0.1, -0.05) is 29.8 Å². The molecule has 70 valence electrons. The minimum Gasteiger partial charge on any atom is -0.303 e. The summed E-state index contributed by atoms with van der Waals surface area (Å²) in [4.78, 5) is 10.1. The first-order chi connectivity index (χ1) is 6.77. The summed E-state index contributed by atoms with van der Waals surface area (Å²) in [5.41, 5.74) is 1.34. The largest absolute Gasteiger partial charge is 0.303 e. The second-order valence-electron chi connectivity index (χ2n) is 2.65. The van der Waals surface area contributed by atoms with E-state index in [9.17, 15) is 4.79 Å². The van der Waals surface area contributed by atoms with Gasteiger partial charge in [-0.2, -0.15) is 5.26 Å². The van der Waals surface area contributed by atoms with Gasteiger partial charge in [0, 0.05) is 11.4 Å². The first-order valence-corrected chi connectivity index (χ1v) is 4.45. The molecule has 14 heavy (non-hydrogen) atoms. The summed E-state index contributed by atoms with van der Waals surface area (Å²) in [6.45, 7) is 0. The average Bonchev–Trinajstić information content (AvgIpc) is 2.20. The van der Waals surface area contributed by atoms with Gasteiger partial charge in [-0.3, -0.25) is 0 Å². The van der Waals surface area contributed by atoms with E-state index in [0.29, 0.717) is 17.0 Å². The molecule has 1 aromatic rings. The van der Waals surface area contributed by atoms with Crippen LogP contribution in [0.3, 0.4) is 0 Å². The molecule has 3 heteroatoms. The van der Waals surface area contributed by atoms with Gasteiger partial charge in [0.25, 0.3) is 0 Å². The van der Waals surface area contributed by atoms with E-state index in [1.807, 2.05) is 6.07 Å². The Bertz CT molecular complexity index is 404. The van der Waals surface area contributed by atoms with Crippen LogP contribution >= 0.6 is 11.6 Å². The quantitative estimate of drug-likeness (QED) is 0.712. The van der Waals surface area contributed by atoms with Gasteiger partial charge in [-0.15, -0.1) is 0 Å². The fourth-order valence-corrected chi connectivity index (χ4v) is 1.23. The average molecular weight is 206 g/mol. The van der Waals surface area contributed by atoms with Crippen LogP contribution in [0.15, 0.2) is 24.3 Å². The molecule has 0 amide bonds. The van der Waals surface area contributed by atoms with E-state index in [2.05, 4.69) is 0 Å². The first kappa shape index (κ1) is 10.5. The van der Waals surface area contributed by atoms with Crippen molar-refractivity contribution in [3.63, 3.8) is 0 Å². The molecule has 0 heterocycles. The maximum absolute atomic E-state index is 10.1. The summed E-state index contributed by atoms with van der Waals surface area (Å²) in [5.74, 6) is 0. The number of nitrogens with zero attached hydrogens (tertiary/aromatic N) is 1. The van der Waals surface area contributed by atoms with Crippen molar-refractivity contribution in [2.24, 2.45) is 0 Å². The Balaban J connectivity index is 2.90. The fourth-order valence-electron chi connectivity index (χ4n) is 0.982. The maximum Gasteiger partial charge on any atom is 0.123 e. The standard InChI is InChI=1S/C11H8ClNO/c12-11-7-9(8-13)4-5-10(11)3-1-2-6-14/h1,3-7H,2H2. The Labute approximate surface area is 87.4 Å². The van der Waals surface area contributed by atoms with Gasteiger partial charge in [0.15, 0.2) is 0 Å². The molecule has 0 spiro atoms. The zero-order chi connectivity index (χ0) is 10.4. The van der Waals surface area contributed by atoms with Crippen molar-refractivity contribution in [1.82, 2.24) is 0 Å². The number of nitriles is 1. The number of aldehydes is 1. The van der Waals surface area contributed by atoms with Crippen molar-refractivity contribution in [3.05, 3.63) is 40.4 Å². The molecular weight excluding hydrogens is 198 g/mol. The summed E-state index contributed by atoms with van der Waals surface area (Å²) in [7, 11) is 0. The normalized spacial score (nSPS) is 10.0. The van der Waals surface area contributed by atoms with E-state index in [4.69, 9.17) is 16.9 Å². The number of carbonyl (C=O) groups is 1. The molecule has 0 aromatic heterocycles. The van der Waals surface area contributed by atoms with Crippen LogP contribution in [-0.4, -0.2) is 6.29 Å². The van der Waals surface area contributed by atoms with Crippen LogP contribution in [0, 0.1) is 11.3 Å². The van der Waals surface area contributed by atoms with Gasteiger partial charge in [0.1, 0.15) is 6.29 Å². The Hall–Kier alpha value is -1.59. The number of rotatable bonds is 3. The zero-order valence-corrected chi connectivity index (χ0v) is 8.16. The topological polar surface area (TPSA) is 40.9 Å². The third-order valence-corrected chi connectivity index (χ3v) is 1.99. The highest BCUT2D eigenvalue weighted by Gasteiger charge is 1.97. The highest BCUT2D eigenvalue weighted by atomic mass is 35.5. The molecule has 1 aromatic carbocycles. The van der Waals surface area contributed by atoms with Crippen molar-refractivity contribution >= 4 is 24.0 Å². The first-order valence-electron chi connectivity index (χ1n) is 4.07. The van der Waals surface area contributed by atoms with Crippen molar-refractivity contribution in [3.8, 4) is 6.07 Å². The number of hydrogen-bond acceptors (Lipinski definition) is 2. The van der Waals surface area contributed by atoms with E-state index < -0.39 is 0 Å². The summed E-state index contributed by atoms with van der Waals surface area (Å²) in [5, 5.41) is 9.11. The molecule has 2 nitrogen and oxygen atoms in total. The van der Waals surface area contributed by atoms with Gasteiger partial charge < -0.3 is 4.79 Å². The van der Waals surface area contributed by atoms with Crippen molar-refractivity contribution < 1.29 is 4.79 Å². The van der Waals surface area contributed by atoms with Crippen molar-refractivity contribution in [2.75, 3.05) is 0 Å². The molecule has 0 radical (unpaired) electrons. The van der Waals surface area contributed by atoms with Gasteiger partial charge in [0.2, 0.25) is 0 Å². The van der Waals surface area contributed by atoms with Crippen LogP contribution in [0.4, 0.5) is 0 Å². The Morgan fingerprint density at radius 1 is 1.50 bits per heavy atom. The molecular formula is C11H8ClNO. The number of halogens is 1. The summed E-state index contributed by atoms with van der Waals surface area (Å²) < 4.78 is 0. The van der Waals surface area contributed by atoms with Crippen molar-refractivity contribution in [1.29, 1.82) is 5.26 Å². The number of carbonyl (C=O) groups excluding carboxylic acids is 1. The van der Waals surface area contributed by atoms with Crippen LogP contribution < -0.4 is 0 Å².